The first-order valence-electron chi connectivity index (χ1n) is 7.74. The van der Waals surface area contributed by atoms with Crippen LogP contribution in [0.2, 0.25) is 0 Å². The second kappa shape index (κ2) is 9.97. The summed E-state index contributed by atoms with van der Waals surface area (Å²) in [6, 6.07) is 6.54. The minimum Gasteiger partial charge on any atom is -0.480 e. The van der Waals surface area contributed by atoms with E-state index in [-0.39, 0.29) is 29.2 Å². The van der Waals surface area contributed by atoms with Crippen LogP contribution in [0.1, 0.15) is 25.8 Å². The van der Waals surface area contributed by atoms with Crippen molar-refractivity contribution < 1.29 is 19.5 Å². The van der Waals surface area contributed by atoms with Gasteiger partial charge in [0.2, 0.25) is 11.8 Å². The fourth-order valence-electron chi connectivity index (χ4n) is 2.00. The van der Waals surface area contributed by atoms with E-state index in [1.165, 1.54) is 0 Å². The Labute approximate surface area is 146 Å². The zero-order valence-corrected chi connectivity index (χ0v) is 15.0. The van der Waals surface area contributed by atoms with E-state index in [1.54, 1.807) is 0 Å². The third kappa shape index (κ3) is 8.01. The highest BCUT2D eigenvalue weighted by atomic mass is 32.2. The number of anilines is 1. The monoisotopic (exact) mass is 352 g/mol. The molecule has 132 valence electrons. The van der Waals surface area contributed by atoms with Crippen molar-refractivity contribution >= 4 is 35.2 Å². The van der Waals surface area contributed by atoms with E-state index in [4.69, 9.17) is 5.11 Å². The molecular formula is C17H24N2O4S. The molecule has 3 N–H and O–H groups in total. The SMILES string of the molecule is Cc1ccc(NC(=O)CSCC(=O)N[C@H](CC(C)C)C(=O)O)cc1. The molecular weight excluding hydrogens is 328 g/mol. The summed E-state index contributed by atoms with van der Waals surface area (Å²) in [4.78, 5) is 34.7. The number of hydrogen-bond acceptors (Lipinski definition) is 4. The maximum Gasteiger partial charge on any atom is 0.326 e. The number of rotatable bonds is 9. The predicted molar refractivity (Wildman–Crippen MR) is 96.2 cm³/mol. The predicted octanol–water partition coefficient (Wildman–Crippen LogP) is 2.28. The van der Waals surface area contributed by atoms with Crippen molar-refractivity contribution in [3.63, 3.8) is 0 Å². The van der Waals surface area contributed by atoms with Crippen LogP contribution < -0.4 is 10.6 Å². The number of carboxylic acid groups (broad SMARTS) is 1. The third-order valence-corrected chi connectivity index (χ3v) is 4.07. The molecule has 0 bridgehead atoms. The molecule has 0 fully saturated rings. The number of benzene rings is 1. The summed E-state index contributed by atoms with van der Waals surface area (Å²) < 4.78 is 0. The van der Waals surface area contributed by atoms with Gasteiger partial charge in [-0.15, -0.1) is 11.8 Å². The first-order chi connectivity index (χ1) is 11.3. The van der Waals surface area contributed by atoms with Gasteiger partial charge >= 0.3 is 5.97 Å². The molecule has 0 saturated carbocycles. The van der Waals surface area contributed by atoms with Gasteiger partial charge < -0.3 is 15.7 Å². The molecule has 6 nitrogen and oxygen atoms in total. The van der Waals surface area contributed by atoms with Crippen molar-refractivity contribution in [2.75, 3.05) is 16.8 Å². The standard InChI is InChI=1S/C17H24N2O4S/c1-11(2)8-14(17(22)23)19-16(21)10-24-9-15(20)18-13-6-4-12(3)5-7-13/h4-7,11,14H,8-10H2,1-3H3,(H,18,20)(H,19,21)(H,22,23)/t14-/m1/s1. The van der Waals surface area contributed by atoms with Crippen molar-refractivity contribution in [3.8, 4) is 0 Å². The quantitative estimate of drug-likeness (QED) is 0.634. The molecule has 0 spiro atoms. The molecule has 1 aromatic carbocycles. The van der Waals surface area contributed by atoms with Gasteiger partial charge in [0.25, 0.3) is 0 Å². The number of aliphatic carboxylic acids is 1. The largest absolute Gasteiger partial charge is 0.480 e. The number of carboxylic acids is 1. The lowest BCUT2D eigenvalue weighted by Crippen LogP contribution is -2.42. The minimum atomic E-state index is -1.04. The summed E-state index contributed by atoms with van der Waals surface area (Å²) in [5, 5.41) is 14.3. The van der Waals surface area contributed by atoms with Crippen LogP contribution in [0.5, 0.6) is 0 Å². The van der Waals surface area contributed by atoms with Crippen molar-refractivity contribution in [2.24, 2.45) is 5.92 Å². The molecule has 0 unspecified atom stereocenters. The molecule has 0 radical (unpaired) electrons. The van der Waals surface area contributed by atoms with E-state index in [0.717, 1.165) is 17.3 Å². The maximum absolute atomic E-state index is 11.8. The normalized spacial score (nSPS) is 11.8. The Balaban J connectivity index is 2.32. The van der Waals surface area contributed by atoms with Crippen molar-refractivity contribution in [3.05, 3.63) is 29.8 Å². The minimum absolute atomic E-state index is 0.0448. The number of carbonyl (C=O) groups is 3. The molecule has 2 amide bonds. The van der Waals surface area contributed by atoms with Gasteiger partial charge in [-0.1, -0.05) is 31.5 Å². The summed E-state index contributed by atoms with van der Waals surface area (Å²) in [5.41, 5.74) is 1.81. The highest BCUT2D eigenvalue weighted by Crippen LogP contribution is 2.10. The highest BCUT2D eigenvalue weighted by Gasteiger charge is 2.20. The van der Waals surface area contributed by atoms with Gasteiger partial charge in [-0.3, -0.25) is 9.59 Å². The van der Waals surface area contributed by atoms with E-state index in [0.29, 0.717) is 12.1 Å². The zero-order valence-electron chi connectivity index (χ0n) is 14.2. The topological polar surface area (TPSA) is 95.5 Å². The van der Waals surface area contributed by atoms with E-state index in [9.17, 15) is 14.4 Å². The Morgan fingerprint density at radius 1 is 1.08 bits per heavy atom. The van der Waals surface area contributed by atoms with Crippen LogP contribution in [0, 0.1) is 12.8 Å². The fourth-order valence-corrected chi connectivity index (χ4v) is 2.63. The number of carbonyl (C=O) groups excluding carboxylic acids is 2. The molecule has 0 aliphatic rings. The van der Waals surface area contributed by atoms with Gasteiger partial charge in [0.05, 0.1) is 11.5 Å². The molecule has 0 heterocycles. The summed E-state index contributed by atoms with van der Waals surface area (Å²) in [5.74, 6) is -1.28. The molecule has 0 saturated heterocycles. The van der Waals surface area contributed by atoms with Gasteiger partial charge in [0.15, 0.2) is 0 Å². The first kappa shape index (κ1) is 20.0. The van der Waals surface area contributed by atoms with Gasteiger partial charge in [-0.05, 0) is 31.4 Å². The van der Waals surface area contributed by atoms with Crippen LogP contribution in [0.3, 0.4) is 0 Å². The van der Waals surface area contributed by atoms with Gasteiger partial charge in [0.1, 0.15) is 6.04 Å². The molecule has 1 rings (SSSR count). The second-order valence-electron chi connectivity index (χ2n) is 5.99. The Bertz CT molecular complexity index is 572. The second-order valence-corrected chi connectivity index (χ2v) is 6.98. The molecule has 0 aliphatic carbocycles. The zero-order chi connectivity index (χ0) is 18.1. The number of hydrogen-bond donors (Lipinski definition) is 3. The van der Waals surface area contributed by atoms with Crippen molar-refractivity contribution in [1.82, 2.24) is 5.32 Å². The number of thioether (sulfide) groups is 1. The highest BCUT2D eigenvalue weighted by molar-refractivity contribution is 8.00. The molecule has 7 heteroatoms. The van der Waals surface area contributed by atoms with Gasteiger partial charge in [-0.2, -0.15) is 0 Å². The van der Waals surface area contributed by atoms with Crippen molar-refractivity contribution in [1.29, 1.82) is 0 Å². The maximum atomic E-state index is 11.8. The van der Waals surface area contributed by atoms with Crippen LogP contribution in [-0.2, 0) is 14.4 Å². The average Bonchev–Trinajstić information content (AvgIpc) is 2.48. The average molecular weight is 352 g/mol. The van der Waals surface area contributed by atoms with E-state index >= 15 is 0 Å². The lowest BCUT2D eigenvalue weighted by molar-refractivity contribution is -0.141. The van der Waals surface area contributed by atoms with E-state index in [2.05, 4.69) is 10.6 Å². The van der Waals surface area contributed by atoms with E-state index < -0.39 is 12.0 Å². The third-order valence-electron chi connectivity index (χ3n) is 3.14. The summed E-state index contributed by atoms with van der Waals surface area (Å²) >= 11 is 1.15. The lowest BCUT2D eigenvalue weighted by atomic mass is 10.0. The summed E-state index contributed by atoms with van der Waals surface area (Å²) in [6.45, 7) is 5.75. The number of aryl methyl sites for hydroxylation is 1. The summed E-state index contributed by atoms with van der Waals surface area (Å²) in [7, 11) is 0. The molecule has 1 atom stereocenters. The molecule has 0 aliphatic heterocycles. The Morgan fingerprint density at radius 3 is 2.21 bits per heavy atom. The van der Waals surface area contributed by atoms with Crippen LogP contribution in [0.4, 0.5) is 5.69 Å². The molecule has 1 aromatic rings. The lowest BCUT2D eigenvalue weighted by Gasteiger charge is -2.16. The van der Waals surface area contributed by atoms with Crippen LogP contribution in [0.25, 0.3) is 0 Å². The smallest absolute Gasteiger partial charge is 0.326 e. The fraction of sp³-hybridized carbons (Fsp3) is 0.471. The van der Waals surface area contributed by atoms with E-state index in [1.807, 2.05) is 45.0 Å². The van der Waals surface area contributed by atoms with Crippen LogP contribution in [0.15, 0.2) is 24.3 Å². The Kier molecular flexibility index (Phi) is 8.32. The summed E-state index contributed by atoms with van der Waals surface area (Å²) in [6.07, 6.45) is 0.375. The van der Waals surface area contributed by atoms with Crippen LogP contribution >= 0.6 is 11.8 Å². The number of amides is 2. The molecule has 0 aromatic heterocycles. The number of nitrogens with one attached hydrogen (secondary N) is 2. The molecule has 24 heavy (non-hydrogen) atoms. The Morgan fingerprint density at radius 2 is 1.67 bits per heavy atom. The van der Waals surface area contributed by atoms with Gasteiger partial charge in [-0.25, -0.2) is 4.79 Å². The van der Waals surface area contributed by atoms with Crippen molar-refractivity contribution in [2.45, 2.75) is 33.2 Å². The first-order valence-corrected chi connectivity index (χ1v) is 8.90. The van der Waals surface area contributed by atoms with Crippen LogP contribution in [-0.4, -0.2) is 40.4 Å². The Hall–Kier alpha value is -2.02. The van der Waals surface area contributed by atoms with Gasteiger partial charge in [0, 0.05) is 5.69 Å².